The van der Waals surface area contributed by atoms with Gasteiger partial charge in [0.25, 0.3) is 0 Å². The molecule has 2 N–H and O–H groups in total. The predicted molar refractivity (Wildman–Crippen MR) is 76.7 cm³/mol. The maximum atomic E-state index is 11.7. The van der Waals surface area contributed by atoms with Gasteiger partial charge in [-0.2, -0.15) is 0 Å². The van der Waals surface area contributed by atoms with Crippen molar-refractivity contribution in [3.05, 3.63) is 22.4 Å². The van der Waals surface area contributed by atoms with Crippen LogP contribution in [0.3, 0.4) is 0 Å². The molecule has 1 aliphatic rings. The molecule has 108 valence electrons. The number of carbonyl (C=O) groups is 3. The van der Waals surface area contributed by atoms with E-state index < -0.39 is 0 Å². The Labute approximate surface area is 121 Å². The Balaban J connectivity index is 1.55. The zero-order valence-corrected chi connectivity index (χ0v) is 12.0. The lowest BCUT2D eigenvalue weighted by Crippen LogP contribution is -2.37. The average Bonchev–Trinajstić information content (AvgIpc) is 3.06. The van der Waals surface area contributed by atoms with E-state index in [0.29, 0.717) is 18.9 Å². The zero-order valence-electron chi connectivity index (χ0n) is 11.2. The Morgan fingerprint density at radius 3 is 2.65 bits per heavy atom. The fourth-order valence-corrected chi connectivity index (χ4v) is 2.44. The van der Waals surface area contributed by atoms with E-state index in [1.165, 1.54) is 11.3 Å². The first-order chi connectivity index (χ1) is 9.65. The average molecular weight is 294 g/mol. The normalized spacial score (nSPS) is 13.8. The van der Waals surface area contributed by atoms with Crippen LogP contribution < -0.4 is 10.6 Å². The Hall–Kier alpha value is -1.69. The van der Waals surface area contributed by atoms with Gasteiger partial charge in [-0.15, -0.1) is 11.3 Å². The van der Waals surface area contributed by atoms with E-state index in [2.05, 4.69) is 10.6 Å². The van der Waals surface area contributed by atoms with Crippen LogP contribution in [0.1, 0.15) is 41.8 Å². The first-order valence-corrected chi connectivity index (χ1v) is 7.66. The number of hydrogen-bond acceptors (Lipinski definition) is 4. The number of thiophene rings is 1. The number of Topliss-reactive ketones (excluding diaryl/α,β-unsaturated/α-hetero) is 1. The lowest BCUT2D eigenvalue weighted by Gasteiger charge is -2.05. The summed E-state index contributed by atoms with van der Waals surface area (Å²) >= 11 is 1.41. The molecule has 1 saturated carbocycles. The van der Waals surface area contributed by atoms with Crippen LogP contribution in [0.5, 0.6) is 0 Å². The molecule has 1 heterocycles. The number of carbonyl (C=O) groups excluding carboxylic acids is 3. The molecular formula is C14H18N2O3S. The van der Waals surface area contributed by atoms with E-state index in [-0.39, 0.29) is 30.6 Å². The highest BCUT2D eigenvalue weighted by atomic mass is 32.1. The molecule has 0 saturated heterocycles. The third-order valence-electron chi connectivity index (χ3n) is 2.99. The van der Waals surface area contributed by atoms with Crippen molar-refractivity contribution < 1.29 is 14.4 Å². The standard InChI is InChI=1S/C14H18N2O3S/c17-11(12-4-2-8-20-12)3-1-5-13(18)15-9-14(19)16-10-6-7-10/h2,4,8,10H,1,3,5-7,9H2,(H,15,18)(H,16,19). The fourth-order valence-electron chi connectivity index (χ4n) is 1.74. The molecule has 0 radical (unpaired) electrons. The Bertz CT molecular complexity index is 481. The van der Waals surface area contributed by atoms with E-state index in [1.54, 1.807) is 6.07 Å². The van der Waals surface area contributed by atoms with Gasteiger partial charge >= 0.3 is 0 Å². The van der Waals surface area contributed by atoms with Gasteiger partial charge < -0.3 is 10.6 Å². The van der Waals surface area contributed by atoms with E-state index >= 15 is 0 Å². The largest absolute Gasteiger partial charge is 0.352 e. The molecule has 1 aromatic rings. The molecular weight excluding hydrogens is 276 g/mol. The van der Waals surface area contributed by atoms with Crippen LogP contribution in [0, 0.1) is 0 Å². The predicted octanol–water partition coefficient (Wildman–Crippen LogP) is 1.50. The molecule has 0 aromatic carbocycles. The van der Waals surface area contributed by atoms with Gasteiger partial charge in [-0.05, 0) is 30.7 Å². The maximum absolute atomic E-state index is 11.7. The summed E-state index contributed by atoms with van der Waals surface area (Å²) < 4.78 is 0. The second-order valence-corrected chi connectivity index (χ2v) is 5.82. The second kappa shape index (κ2) is 7.19. The highest BCUT2D eigenvalue weighted by Crippen LogP contribution is 2.18. The molecule has 0 bridgehead atoms. The fraction of sp³-hybridized carbons (Fsp3) is 0.500. The van der Waals surface area contributed by atoms with Gasteiger partial charge in [0, 0.05) is 18.9 Å². The van der Waals surface area contributed by atoms with Crippen molar-refractivity contribution in [2.24, 2.45) is 0 Å². The van der Waals surface area contributed by atoms with Crippen LogP contribution in [0.15, 0.2) is 17.5 Å². The third kappa shape index (κ3) is 5.13. The summed E-state index contributed by atoms with van der Waals surface area (Å²) in [4.78, 5) is 35.3. The molecule has 20 heavy (non-hydrogen) atoms. The van der Waals surface area contributed by atoms with E-state index in [9.17, 15) is 14.4 Å². The topological polar surface area (TPSA) is 75.3 Å². The molecule has 1 aliphatic carbocycles. The SMILES string of the molecule is O=C(CCCC(=O)c1cccs1)NCC(=O)NC1CC1. The van der Waals surface area contributed by atoms with Crippen LogP contribution in [-0.2, 0) is 9.59 Å². The monoisotopic (exact) mass is 294 g/mol. The first kappa shape index (κ1) is 14.7. The molecule has 2 amide bonds. The minimum atomic E-state index is -0.185. The molecule has 0 unspecified atom stereocenters. The summed E-state index contributed by atoms with van der Waals surface area (Å²) in [6, 6.07) is 3.93. The quantitative estimate of drug-likeness (QED) is 0.713. The Morgan fingerprint density at radius 1 is 1.20 bits per heavy atom. The smallest absolute Gasteiger partial charge is 0.239 e. The second-order valence-electron chi connectivity index (χ2n) is 4.87. The highest BCUT2D eigenvalue weighted by molar-refractivity contribution is 7.12. The van der Waals surface area contributed by atoms with Crippen LogP contribution in [-0.4, -0.2) is 30.2 Å². The van der Waals surface area contributed by atoms with Gasteiger partial charge in [-0.25, -0.2) is 0 Å². The molecule has 0 aliphatic heterocycles. The number of rotatable bonds is 8. The summed E-state index contributed by atoms with van der Waals surface area (Å²) in [6.07, 6.45) is 3.21. The van der Waals surface area contributed by atoms with Gasteiger partial charge in [0.05, 0.1) is 11.4 Å². The van der Waals surface area contributed by atoms with Gasteiger partial charge in [0.2, 0.25) is 11.8 Å². The van der Waals surface area contributed by atoms with Crippen LogP contribution >= 0.6 is 11.3 Å². The first-order valence-electron chi connectivity index (χ1n) is 6.78. The van der Waals surface area contributed by atoms with Crippen molar-refractivity contribution in [1.29, 1.82) is 0 Å². The molecule has 5 nitrogen and oxygen atoms in total. The van der Waals surface area contributed by atoms with Crippen molar-refractivity contribution >= 4 is 28.9 Å². The highest BCUT2D eigenvalue weighted by Gasteiger charge is 2.23. The Morgan fingerprint density at radius 2 is 2.00 bits per heavy atom. The number of amides is 2. The van der Waals surface area contributed by atoms with Crippen molar-refractivity contribution in [3.63, 3.8) is 0 Å². The van der Waals surface area contributed by atoms with Gasteiger partial charge in [0.1, 0.15) is 0 Å². The molecule has 2 rings (SSSR count). The molecule has 6 heteroatoms. The number of hydrogen-bond donors (Lipinski definition) is 2. The third-order valence-corrected chi connectivity index (χ3v) is 3.90. The van der Waals surface area contributed by atoms with Crippen LogP contribution in [0.2, 0.25) is 0 Å². The van der Waals surface area contributed by atoms with E-state index in [0.717, 1.165) is 17.7 Å². The lowest BCUT2D eigenvalue weighted by molar-refractivity contribution is -0.126. The Kier molecular flexibility index (Phi) is 5.29. The van der Waals surface area contributed by atoms with E-state index in [4.69, 9.17) is 0 Å². The molecule has 1 aromatic heterocycles. The van der Waals surface area contributed by atoms with Crippen molar-refractivity contribution in [2.75, 3.05) is 6.54 Å². The summed E-state index contributed by atoms with van der Waals surface area (Å²) in [5.41, 5.74) is 0. The van der Waals surface area contributed by atoms with E-state index in [1.807, 2.05) is 11.4 Å². The van der Waals surface area contributed by atoms with Crippen molar-refractivity contribution in [3.8, 4) is 0 Å². The minimum Gasteiger partial charge on any atom is -0.352 e. The number of ketones is 1. The van der Waals surface area contributed by atoms with Crippen molar-refractivity contribution in [1.82, 2.24) is 10.6 Å². The molecule has 0 atom stereocenters. The van der Waals surface area contributed by atoms with Crippen LogP contribution in [0.25, 0.3) is 0 Å². The zero-order chi connectivity index (χ0) is 14.4. The molecule has 0 spiro atoms. The van der Waals surface area contributed by atoms with Crippen LogP contribution in [0.4, 0.5) is 0 Å². The maximum Gasteiger partial charge on any atom is 0.239 e. The summed E-state index contributed by atoms with van der Waals surface area (Å²) in [5.74, 6) is -0.260. The van der Waals surface area contributed by atoms with Gasteiger partial charge in [-0.3, -0.25) is 14.4 Å². The van der Waals surface area contributed by atoms with Crippen molar-refractivity contribution in [2.45, 2.75) is 38.1 Å². The number of nitrogens with one attached hydrogen (secondary N) is 2. The van der Waals surface area contributed by atoms with Gasteiger partial charge in [-0.1, -0.05) is 6.07 Å². The lowest BCUT2D eigenvalue weighted by atomic mass is 10.1. The summed E-state index contributed by atoms with van der Waals surface area (Å²) in [7, 11) is 0. The molecule has 1 fully saturated rings. The summed E-state index contributed by atoms with van der Waals surface area (Å²) in [6.45, 7) is 0.0220. The van der Waals surface area contributed by atoms with Gasteiger partial charge in [0.15, 0.2) is 5.78 Å². The minimum absolute atomic E-state index is 0.0220. The summed E-state index contributed by atoms with van der Waals surface area (Å²) in [5, 5.41) is 7.22.